The fourth-order valence-electron chi connectivity index (χ4n) is 2.47. The Balaban J connectivity index is 2.15. The van der Waals surface area contributed by atoms with Gasteiger partial charge in [0, 0.05) is 11.8 Å². The summed E-state index contributed by atoms with van der Waals surface area (Å²) in [5, 5.41) is 13.2. The van der Waals surface area contributed by atoms with E-state index in [0.29, 0.717) is 0 Å². The van der Waals surface area contributed by atoms with Crippen LogP contribution < -0.4 is 0 Å². The van der Waals surface area contributed by atoms with Crippen LogP contribution in [0.3, 0.4) is 0 Å². The quantitative estimate of drug-likeness (QED) is 0.858. The average molecular weight is 284 g/mol. The van der Waals surface area contributed by atoms with Crippen LogP contribution >= 0.6 is 0 Å². The first-order valence-electron chi connectivity index (χ1n) is 7.04. The molecule has 1 N–H and O–H groups in total. The van der Waals surface area contributed by atoms with Crippen molar-refractivity contribution in [3.63, 3.8) is 0 Å². The smallest absolute Gasteiger partial charge is 0.328 e. The highest BCUT2D eigenvalue weighted by Crippen LogP contribution is 2.15. The number of benzene rings is 1. The van der Waals surface area contributed by atoms with E-state index < -0.39 is 5.97 Å². The van der Waals surface area contributed by atoms with Crippen LogP contribution in [-0.4, -0.2) is 20.9 Å². The number of carboxylic acids is 1. The minimum atomic E-state index is -0.936. The van der Waals surface area contributed by atoms with Gasteiger partial charge in [0.2, 0.25) is 0 Å². The number of aromatic nitrogens is 2. The second kappa shape index (κ2) is 6.39. The summed E-state index contributed by atoms with van der Waals surface area (Å²) in [5.41, 5.74) is 5.65. The lowest BCUT2D eigenvalue weighted by molar-refractivity contribution is -0.131. The summed E-state index contributed by atoms with van der Waals surface area (Å²) >= 11 is 0. The van der Waals surface area contributed by atoms with Crippen LogP contribution in [0.1, 0.15) is 35.0 Å². The molecule has 110 valence electrons. The van der Waals surface area contributed by atoms with E-state index in [1.165, 1.54) is 11.3 Å². The number of aliphatic carboxylic acids is 1. The van der Waals surface area contributed by atoms with Crippen LogP contribution in [0.25, 0.3) is 6.08 Å². The van der Waals surface area contributed by atoms with Crippen LogP contribution in [-0.2, 0) is 17.8 Å². The largest absolute Gasteiger partial charge is 0.478 e. The van der Waals surface area contributed by atoms with Crippen molar-refractivity contribution >= 4 is 12.0 Å². The minimum absolute atomic E-state index is 0.732. The predicted octanol–water partition coefficient (Wildman–Crippen LogP) is 3.21. The first kappa shape index (κ1) is 15.0. The van der Waals surface area contributed by atoms with Crippen molar-refractivity contribution in [3.8, 4) is 0 Å². The molecule has 0 fully saturated rings. The van der Waals surface area contributed by atoms with Gasteiger partial charge in [-0.05, 0) is 43.0 Å². The van der Waals surface area contributed by atoms with Crippen LogP contribution in [0.4, 0.5) is 0 Å². The Morgan fingerprint density at radius 3 is 2.48 bits per heavy atom. The second-order valence-corrected chi connectivity index (χ2v) is 5.07. The van der Waals surface area contributed by atoms with Gasteiger partial charge in [-0.1, -0.05) is 31.2 Å². The maximum Gasteiger partial charge on any atom is 0.328 e. The molecule has 0 radical (unpaired) electrons. The van der Waals surface area contributed by atoms with Crippen molar-refractivity contribution in [2.24, 2.45) is 0 Å². The SMILES string of the molecule is CCc1c(C)nn(Cc2ccc(C=CC(=O)O)cc2)c1C. The Hall–Kier alpha value is -2.36. The first-order valence-corrected chi connectivity index (χ1v) is 7.04. The topological polar surface area (TPSA) is 55.1 Å². The molecular formula is C17H20N2O2. The number of hydrogen-bond donors (Lipinski definition) is 1. The highest BCUT2D eigenvalue weighted by atomic mass is 16.4. The lowest BCUT2D eigenvalue weighted by Crippen LogP contribution is -2.04. The summed E-state index contributed by atoms with van der Waals surface area (Å²) in [7, 11) is 0. The molecular weight excluding hydrogens is 264 g/mol. The fourth-order valence-corrected chi connectivity index (χ4v) is 2.47. The summed E-state index contributed by atoms with van der Waals surface area (Å²) in [5.74, 6) is -0.936. The number of nitrogens with zero attached hydrogens (tertiary/aromatic N) is 2. The highest BCUT2D eigenvalue weighted by Gasteiger charge is 2.09. The Bertz CT molecular complexity index is 667. The second-order valence-electron chi connectivity index (χ2n) is 5.07. The first-order chi connectivity index (χ1) is 10.0. The predicted molar refractivity (Wildman–Crippen MR) is 83.3 cm³/mol. The molecule has 2 aromatic rings. The molecule has 0 bridgehead atoms. The van der Waals surface area contributed by atoms with Crippen molar-refractivity contribution in [2.45, 2.75) is 33.7 Å². The Morgan fingerprint density at radius 2 is 1.95 bits per heavy atom. The zero-order chi connectivity index (χ0) is 15.4. The monoisotopic (exact) mass is 284 g/mol. The van der Waals surface area contributed by atoms with Gasteiger partial charge in [-0.2, -0.15) is 5.10 Å². The fraction of sp³-hybridized carbons (Fsp3) is 0.294. The molecule has 0 aliphatic rings. The third kappa shape index (κ3) is 3.60. The van der Waals surface area contributed by atoms with E-state index in [1.54, 1.807) is 6.08 Å². The van der Waals surface area contributed by atoms with Crippen LogP contribution in [0.15, 0.2) is 30.3 Å². The van der Waals surface area contributed by atoms with Gasteiger partial charge >= 0.3 is 5.97 Å². The number of hydrogen-bond acceptors (Lipinski definition) is 2. The number of carbonyl (C=O) groups is 1. The standard InChI is InChI=1S/C17H20N2O2/c1-4-16-12(2)18-19(13(16)3)11-15-7-5-14(6-8-15)9-10-17(20)21/h5-10H,4,11H2,1-3H3,(H,20,21). The summed E-state index contributed by atoms with van der Waals surface area (Å²) in [6, 6.07) is 7.84. The zero-order valence-corrected chi connectivity index (χ0v) is 12.6. The molecule has 0 unspecified atom stereocenters. The maximum absolute atomic E-state index is 10.5. The van der Waals surface area contributed by atoms with Gasteiger partial charge in [0.05, 0.1) is 12.2 Å². The molecule has 4 nitrogen and oxygen atoms in total. The Labute approximate surface area is 124 Å². The van der Waals surface area contributed by atoms with E-state index in [1.807, 2.05) is 35.9 Å². The van der Waals surface area contributed by atoms with Crippen LogP contribution in [0.5, 0.6) is 0 Å². The molecule has 0 atom stereocenters. The Kier molecular flexibility index (Phi) is 4.58. The third-order valence-corrected chi connectivity index (χ3v) is 3.62. The van der Waals surface area contributed by atoms with Crippen LogP contribution in [0.2, 0.25) is 0 Å². The Morgan fingerprint density at radius 1 is 1.29 bits per heavy atom. The van der Waals surface area contributed by atoms with Crippen molar-refractivity contribution in [2.75, 3.05) is 0 Å². The van der Waals surface area contributed by atoms with E-state index in [9.17, 15) is 4.79 Å². The molecule has 0 saturated heterocycles. The molecule has 21 heavy (non-hydrogen) atoms. The van der Waals surface area contributed by atoms with Crippen molar-refractivity contribution < 1.29 is 9.90 Å². The molecule has 0 aliphatic carbocycles. The van der Waals surface area contributed by atoms with Crippen LogP contribution in [0, 0.1) is 13.8 Å². The van der Waals surface area contributed by atoms with Gasteiger partial charge in [0.25, 0.3) is 0 Å². The molecule has 0 saturated carbocycles. The maximum atomic E-state index is 10.5. The molecule has 1 heterocycles. The van der Waals surface area contributed by atoms with E-state index in [4.69, 9.17) is 5.11 Å². The normalized spacial score (nSPS) is 11.2. The molecule has 4 heteroatoms. The molecule has 1 aromatic carbocycles. The minimum Gasteiger partial charge on any atom is -0.478 e. The number of aryl methyl sites for hydroxylation is 1. The molecule has 2 rings (SSSR count). The number of carboxylic acid groups (broad SMARTS) is 1. The van der Waals surface area contributed by atoms with Crippen molar-refractivity contribution in [1.29, 1.82) is 0 Å². The molecule has 0 aliphatic heterocycles. The summed E-state index contributed by atoms with van der Waals surface area (Å²) < 4.78 is 2.02. The highest BCUT2D eigenvalue weighted by molar-refractivity contribution is 5.85. The molecule has 1 aromatic heterocycles. The summed E-state index contributed by atoms with van der Waals surface area (Å²) in [6.07, 6.45) is 3.73. The average Bonchev–Trinajstić information content (AvgIpc) is 2.72. The van der Waals surface area contributed by atoms with Gasteiger partial charge in [-0.25, -0.2) is 4.79 Å². The van der Waals surface area contributed by atoms with E-state index >= 15 is 0 Å². The summed E-state index contributed by atoms with van der Waals surface area (Å²) in [6.45, 7) is 7.02. The number of rotatable bonds is 5. The molecule has 0 spiro atoms. The van der Waals surface area contributed by atoms with Gasteiger partial charge < -0.3 is 5.11 Å². The molecule has 0 amide bonds. The van der Waals surface area contributed by atoms with Crippen molar-refractivity contribution in [3.05, 3.63) is 58.4 Å². The van der Waals surface area contributed by atoms with E-state index in [0.717, 1.165) is 35.9 Å². The lowest BCUT2D eigenvalue weighted by atomic mass is 10.1. The van der Waals surface area contributed by atoms with E-state index in [-0.39, 0.29) is 0 Å². The van der Waals surface area contributed by atoms with Gasteiger partial charge in [0.1, 0.15) is 0 Å². The summed E-state index contributed by atoms with van der Waals surface area (Å²) in [4.78, 5) is 10.5. The van der Waals surface area contributed by atoms with Gasteiger partial charge in [-0.3, -0.25) is 4.68 Å². The van der Waals surface area contributed by atoms with Crippen molar-refractivity contribution in [1.82, 2.24) is 9.78 Å². The van der Waals surface area contributed by atoms with E-state index in [2.05, 4.69) is 18.9 Å². The zero-order valence-electron chi connectivity index (χ0n) is 12.6. The van der Waals surface area contributed by atoms with Gasteiger partial charge in [0.15, 0.2) is 0 Å². The third-order valence-electron chi connectivity index (χ3n) is 3.62. The van der Waals surface area contributed by atoms with Gasteiger partial charge in [-0.15, -0.1) is 0 Å². The lowest BCUT2D eigenvalue weighted by Gasteiger charge is -2.06.